The first-order chi connectivity index (χ1) is 15.0. The highest BCUT2D eigenvalue weighted by atomic mass is 35.5. The number of halogens is 2. The lowest BCUT2D eigenvalue weighted by atomic mass is 9.95. The van der Waals surface area contributed by atoms with Crippen LogP contribution in [0.25, 0.3) is 11.1 Å². The largest absolute Gasteiger partial charge is 0.339 e. The Morgan fingerprint density at radius 1 is 0.903 bits per heavy atom. The summed E-state index contributed by atoms with van der Waals surface area (Å²) in [5, 5.41) is 2.75. The maximum Gasteiger partial charge on any atom is 0.253 e. The van der Waals surface area contributed by atoms with E-state index in [2.05, 4.69) is 5.32 Å². The highest BCUT2D eigenvalue weighted by Crippen LogP contribution is 2.24. The van der Waals surface area contributed by atoms with Crippen molar-refractivity contribution in [2.75, 3.05) is 18.4 Å². The number of rotatable bonds is 4. The van der Waals surface area contributed by atoms with Gasteiger partial charge in [-0.05, 0) is 54.3 Å². The molecule has 4 rings (SSSR count). The molecule has 2 amide bonds. The molecule has 0 radical (unpaired) electrons. The van der Waals surface area contributed by atoms with Crippen LogP contribution in [0.15, 0.2) is 72.8 Å². The molecular formula is C25H22ClFN2O2. The Bertz CT molecular complexity index is 1080. The molecule has 4 nitrogen and oxygen atoms in total. The van der Waals surface area contributed by atoms with Gasteiger partial charge in [-0.3, -0.25) is 9.59 Å². The molecule has 0 aliphatic carbocycles. The SMILES string of the molecule is O=C(Nc1ccc(F)c(Cl)c1)C1CCN(C(=O)c2ccc(-c3ccccc3)cc2)CC1. The molecule has 6 heteroatoms. The van der Waals surface area contributed by atoms with Crippen LogP contribution in [-0.4, -0.2) is 29.8 Å². The van der Waals surface area contributed by atoms with Gasteiger partial charge in [-0.15, -0.1) is 0 Å². The maximum atomic E-state index is 13.3. The second-order valence-corrected chi connectivity index (χ2v) is 8.04. The lowest BCUT2D eigenvalue weighted by Gasteiger charge is -2.31. The summed E-state index contributed by atoms with van der Waals surface area (Å²) in [5.41, 5.74) is 3.28. The van der Waals surface area contributed by atoms with Gasteiger partial charge < -0.3 is 10.2 Å². The van der Waals surface area contributed by atoms with Crippen LogP contribution in [0.5, 0.6) is 0 Å². The van der Waals surface area contributed by atoms with Gasteiger partial charge in [-0.2, -0.15) is 0 Å². The monoisotopic (exact) mass is 436 g/mol. The number of carbonyl (C=O) groups excluding carboxylic acids is 2. The van der Waals surface area contributed by atoms with Gasteiger partial charge in [-0.25, -0.2) is 4.39 Å². The summed E-state index contributed by atoms with van der Waals surface area (Å²) in [7, 11) is 0. The minimum Gasteiger partial charge on any atom is -0.339 e. The van der Waals surface area contributed by atoms with Crippen molar-refractivity contribution in [3.63, 3.8) is 0 Å². The fourth-order valence-electron chi connectivity index (χ4n) is 3.78. The van der Waals surface area contributed by atoms with E-state index in [-0.39, 0.29) is 22.8 Å². The van der Waals surface area contributed by atoms with E-state index in [0.717, 1.165) is 11.1 Å². The van der Waals surface area contributed by atoms with E-state index in [1.807, 2.05) is 54.6 Å². The molecule has 0 spiro atoms. The zero-order valence-electron chi connectivity index (χ0n) is 16.9. The van der Waals surface area contributed by atoms with Gasteiger partial charge in [0.1, 0.15) is 5.82 Å². The average Bonchev–Trinajstić information content (AvgIpc) is 2.82. The first-order valence-corrected chi connectivity index (χ1v) is 10.6. The standard InChI is InChI=1S/C25H22ClFN2O2/c26-22-16-21(10-11-23(22)27)28-24(30)19-12-14-29(15-13-19)25(31)20-8-6-18(7-9-20)17-4-2-1-3-5-17/h1-11,16,19H,12-15H2,(H,28,30). The van der Waals surface area contributed by atoms with Crippen LogP contribution in [0.2, 0.25) is 5.02 Å². The molecule has 1 N–H and O–H groups in total. The minimum atomic E-state index is -0.525. The summed E-state index contributed by atoms with van der Waals surface area (Å²) in [5.74, 6) is -0.887. The Balaban J connectivity index is 1.33. The second kappa shape index (κ2) is 9.31. The first kappa shape index (κ1) is 21.1. The number of hydrogen-bond acceptors (Lipinski definition) is 2. The lowest BCUT2D eigenvalue weighted by molar-refractivity contribution is -0.121. The molecule has 3 aromatic carbocycles. The third-order valence-corrected chi connectivity index (χ3v) is 5.87. The van der Waals surface area contributed by atoms with Gasteiger partial charge in [0.15, 0.2) is 0 Å². The van der Waals surface area contributed by atoms with Gasteiger partial charge in [0.25, 0.3) is 5.91 Å². The molecule has 1 heterocycles. The summed E-state index contributed by atoms with van der Waals surface area (Å²) in [6.45, 7) is 1.03. The van der Waals surface area contributed by atoms with Gasteiger partial charge >= 0.3 is 0 Å². The summed E-state index contributed by atoms with van der Waals surface area (Å²) >= 11 is 5.77. The van der Waals surface area contributed by atoms with Crippen molar-refractivity contribution in [1.82, 2.24) is 4.90 Å². The van der Waals surface area contributed by atoms with Crippen LogP contribution in [0.3, 0.4) is 0 Å². The molecule has 0 bridgehead atoms. The number of nitrogens with zero attached hydrogens (tertiary/aromatic N) is 1. The van der Waals surface area contributed by atoms with Crippen molar-refractivity contribution in [3.8, 4) is 11.1 Å². The van der Waals surface area contributed by atoms with E-state index in [4.69, 9.17) is 11.6 Å². The highest BCUT2D eigenvalue weighted by molar-refractivity contribution is 6.31. The maximum absolute atomic E-state index is 13.3. The zero-order chi connectivity index (χ0) is 21.8. The van der Waals surface area contributed by atoms with Crippen LogP contribution in [0.1, 0.15) is 23.2 Å². The fraction of sp³-hybridized carbons (Fsp3) is 0.200. The number of benzene rings is 3. The number of amides is 2. The summed E-state index contributed by atoms with van der Waals surface area (Å²) in [6.07, 6.45) is 1.16. The molecule has 3 aromatic rings. The topological polar surface area (TPSA) is 49.4 Å². The Morgan fingerprint density at radius 3 is 2.19 bits per heavy atom. The molecule has 0 aromatic heterocycles. The molecular weight excluding hydrogens is 415 g/mol. The third kappa shape index (κ3) is 4.94. The quantitative estimate of drug-likeness (QED) is 0.575. The van der Waals surface area contributed by atoms with E-state index in [1.54, 1.807) is 4.90 Å². The van der Waals surface area contributed by atoms with Gasteiger partial charge in [-0.1, -0.05) is 54.1 Å². The Labute approximate surface area is 185 Å². The van der Waals surface area contributed by atoms with Crippen molar-refractivity contribution in [2.45, 2.75) is 12.8 Å². The van der Waals surface area contributed by atoms with E-state index in [0.29, 0.717) is 37.2 Å². The highest BCUT2D eigenvalue weighted by Gasteiger charge is 2.28. The summed E-state index contributed by atoms with van der Waals surface area (Å²) in [4.78, 5) is 27.2. The van der Waals surface area contributed by atoms with E-state index >= 15 is 0 Å². The van der Waals surface area contributed by atoms with E-state index < -0.39 is 5.82 Å². The van der Waals surface area contributed by atoms with Crippen molar-refractivity contribution in [3.05, 3.63) is 89.2 Å². The van der Waals surface area contributed by atoms with Gasteiger partial charge in [0.2, 0.25) is 5.91 Å². The van der Waals surface area contributed by atoms with Crippen LogP contribution < -0.4 is 5.32 Å². The van der Waals surface area contributed by atoms with Crippen molar-refractivity contribution < 1.29 is 14.0 Å². The Hall–Kier alpha value is -3.18. The third-order valence-electron chi connectivity index (χ3n) is 5.58. The molecule has 158 valence electrons. The first-order valence-electron chi connectivity index (χ1n) is 10.2. The molecule has 31 heavy (non-hydrogen) atoms. The smallest absolute Gasteiger partial charge is 0.253 e. The minimum absolute atomic E-state index is 0.0243. The molecule has 1 fully saturated rings. The van der Waals surface area contributed by atoms with Crippen molar-refractivity contribution in [2.24, 2.45) is 5.92 Å². The second-order valence-electron chi connectivity index (χ2n) is 7.63. The Morgan fingerprint density at radius 2 is 1.55 bits per heavy atom. The number of piperidine rings is 1. The zero-order valence-corrected chi connectivity index (χ0v) is 17.6. The lowest BCUT2D eigenvalue weighted by Crippen LogP contribution is -2.41. The number of nitrogens with one attached hydrogen (secondary N) is 1. The van der Waals surface area contributed by atoms with Crippen LogP contribution in [0, 0.1) is 11.7 Å². The normalized spacial score (nSPS) is 14.3. The van der Waals surface area contributed by atoms with E-state index in [1.165, 1.54) is 18.2 Å². The average molecular weight is 437 g/mol. The predicted molar refractivity (Wildman–Crippen MR) is 121 cm³/mol. The number of anilines is 1. The number of hydrogen-bond donors (Lipinski definition) is 1. The molecule has 0 unspecified atom stereocenters. The van der Waals surface area contributed by atoms with Crippen LogP contribution >= 0.6 is 11.6 Å². The van der Waals surface area contributed by atoms with Crippen LogP contribution in [0.4, 0.5) is 10.1 Å². The molecule has 1 aliphatic rings. The van der Waals surface area contributed by atoms with Crippen LogP contribution in [-0.2, 0) is 4.79 Å². The molecule has 1 aliphatic heterocycles. The summed E-state index contributed by atoms with van der Waals surface area (Å²) in [6, 6.07) is 21.7. The van der Waals surface area contributed by atoms with Crippen molar-refractivity contribution >= 4 is 29.1 Å². The molecule has 1 saturated heterocycles. The van der Waals surface area contributed by atoms with Gasteiger partial charge in [0, 0.05) is 30.3 Å². The predicted octanol–water partition coefficient (Wildman–Crippen LogP) is 5.64. The number of carbonyl (C=O) groups is 2. The number of likely N-dealkylation sites (tertiary alicyclic amines) is 1. The van der Waals surface area contributed by atoms with Crippen molar-refractivity contribution in [1.29, 1.82) is 0 Å². The molecule has 0 atom stereocenters. The fourth-order valence-corrected chi connectivity index (χ4v) is 3.96. The van der Waals surface area contributed by atoms with E-state index in [9.17, 15) is 14.0 Å². The van der Waals surface area contributed by atoms with Gasteiger partial charge in [0.05, 0.1) is 5.02 Å². The Kier molecular flexibility index (Phi) is 6.33. The molecule has 0 saturated carbocycles. The summed E-state index contributed by atoms with van der Waals surface area (Å²) < 4.78 is 13.3.